The monoisotopic (exact) mass is 185 g/mol. The number of amides is 2. The van der Waals surface area contributed by atoms with Crippen LogP contribution >= 0.6 is 0 Å². The Labute approximate surface area is 79.1 Å². The molecule has 1 N–H and O–H groups in total. The fourth-order valence-electron chi connectivity index (χ4n) is 1.13. The summed E-state index contributed by atoms with van der Waals surface area (Å²) in [6.07, 6.45) is 1.77. The van der Waals surface area contributed by atoms with E-state index in [4.69, 9.17) is 5.73 Å². The minimum absolute atomic E-state index is 0.0410. The standard InChI is InChI=1S/C9H17N2O2/c1-3-6-11(8(2)12)7-4-5-9(10)13/h10H,3-7H2,1-2H3. The lowest BCUT2D eigenvalue weighted by molar-refractivity contribution is -0.129. The third-order valence-electron chi connectivity index (χ3n) is 1.77. The quantitative estimate of drug-likeness (QED) is 0.615. The van der Waals surface area contributed by atoms with Gasteiger partial charge in [0.2, 0.25) is 11.8 Å². The van der Waals surface area contributed by atoms with Crippen molar-refractivity contribution in [3.63, 3.8) is 0 Å². The molecule has 0 aliphatic heterocycles. The van der Waals surface area contributed by atoms with Crippen LogP contribution in [0.4, 0.5) is 0 Å². The summed E-state index contributed by atoms with van der Waals surface area (Å²) in [6, 6.07) is 0. The molecule has 0 heterocycles. The maximum Gasteiger partial charge on any atom is 0.238 e. The van der Waals surface area contributed by atoms with Gasteiger partial charge in [-0.05, 0) is 12.8 Å². The molecule has 0 aromatic heterocycles. The molecule has 0 saturated heterocycles. The third kappa shape index (κ3) is 6.13. The fraction of sp³-hybridized carbons (Fsp3) is 0.778. The zero-order valence-electron chi connectivity index (χ0n) is 8.30. The summed E-state index contributed by atoms with van der Waals surface area (Å²) in [5.74, 6) is -0.515. The average Bonchev–Trinajstić information content (AvgIpc) is 2.02. The smallest absolute Gasteiger partial charge is 0.238 e. The number of nitrogens with zero attached hydrogens (tertiary/aromatic N) is 1. The molecule has 0 unspecified atom stereocenters. The van der Waals surface area contributed by atoms with Crippen molar-refractivity contribution >= 4 is 11.8 Å². The Balaban J connectivity index is 3.69. The topological polar surface area (TPSA) is 61.2 Å². The van der Waals surface area contributed by atoms with Gasteiger partial charge in [-0.3, -0.25) is 15.3 Å². The number of rotatable bonds is 6. The molecule has 1 radical (unpaired) electrons. The molecule has 0 spiro atoms. The highest BCUT2D eigenvalue weighted by Crippen LogP contribution is 1.97. The van der Waals surface area contributed by atoms with Gasteiger partial charge in [-0.2, -0.15) is 0 Å². The summed E-state index contributed by atoms with van der Waals surface area (Å²) >= 11 is 0. The van der Waals surface area contributed by atoms with Crippen molar-refractivity contribution in [3.05, 3.63) is 0 Å². The molecule has 0 aliphatic rings. The van der Waals surface area contributed by atoms with E-state index in [-0.39, 0.29) is 12.3 Å². The lowest BCUT2D eigenvalue weighted by Gasteiger charge is -2.19. The van der Waals surface area contributed by atoms with Crippen LogP contribution in [0.2, 0.25) is 0 Å². The van der Waals surface area contributed by atoms with Crippen LogP contribution in [-0.4, -0.2) is 29.8 Å². The highest BCUT2D eigenvalue weighted by Gasteiger charge is 2.06. The predicted molar refractivity (Wildman–Crippen MR) is 49.9 cm³/mol. The first-order valence-electron chi connectivity index (χ1n) is 4.57. The van der Waals surface area contributed by atoms with Crippen molar-refractivity contribution in [1.82, 2.24) is 10.6 Å². The van der Waals surface area contributed by atoms with Crippen molar-refractivity contribution in [1.29, 1.82) is 0 Å². The molecule has 4 nitrogen and oxygen atoms in total. The number of hydrogen-bond donors (Lipinski definition) is 0. The van der Waals surface area contributed by atoms with Crippen LogP contribution in [0.1, 0.15) is 33.1 Å². The molecule has 0 aromatic carbocycles. The molecular formula is C9H17N2O2. The van der Waals surface area contributed by atoms with E-state index in [0.29, 0.717) is 13.0 Å². The van der Waals surface area contributed by atoms with Crippen molar-refractivity contribution in [2.24, 2.45) is 0 Å². The molecule has 0 bridgehead atoms. The van der Waals surface area contributed by atoms with Gasteiger partial charge in [0.05, 0.1) is 0 Å². The second-order valence-electron chi connectivity index (χ2n) is 3.03. The van der Waals surface area contributed by atoms with E-state index in [1.165, 1.54) is 6.92 Å². The zero-order valence-corrected chi connectivity index (χ0v) is 8.30. The Morgan fingerprint density at radius 1 is 1.31 bits per heavy atom. The van der Waals surface area contributed by atoms with Crippen molar-refractivity contribution in [2.45, 2.75) is 33.1 Å². The van der Waals surface area contributed by atoms with E-state index in [0.717, 1.165) is 13.0 Å². The van der Waals surface area contributed by atoms with Crippen molar-refractivity contribution in [2.75, 3.05) is 13.1 Å². The van der Waals surface area contributed by atoms with Gasteiger partial charge in [0.1, 0.15) is 0 Å². The van der Waals surface area contributed by atoms with Crippen LogP contribution in [0.3, 0.4) is 0 Å². The third-order valence-corrected chi connectivity index (χ3v) is 1.77. The molecule has 0 fully saturated rings. The summed E-state index contributed by atoms with van der Waals surface area (Å²) < 4.78 is 0. The number of hydrogen-bond acceptors (Lipinski definition) is 2. The second-order valence-corrected chi connectivity index (χ2v) is 3.03. The average molecular weight is 185 g/mol. The van der Waals surface area contributed by atoms with Crippen molar-refractivity contribution < 1.29 is 9.59 Å². The molecule has 4 heteroatoms. The first-order chi connectivity index (χ1) is 6.07. The van der Waals surface area contributed by atoms with Gasteiger partial charge in [0, 0.05) is 26.4 Å². The van der Waals surface area contributed by atoms with Crippen LogP contribution in [0.15, 0.2) is 0 Å². The Morgan fingerprint density at radius 3 is 2.31 bits per heavy atom. The molecule has 0 aliphatic carbocycles. The second kappa shape index (κ2) is 6.46. The van der Waals surface area contributed by atoms with E-state index < -0.39 is 5.91 Å². The highest BCUT2D eigenvalue weighted by atomic mass is 16.2. The largest absolute Gasteiger partial charge is 0.343 e. The van der Waals surface area contributed by atoms with Crippen LogP contribution in [0.25, 0.3) is 0 Å². The van der Waals surface area contributed by atoms with Gasteiger partial charge in [0.15, 0.2) is 0 Å². The molecule has 0 aromatic rings. The summed E-state index contributed by atoms with van der Waals surface area (Å²) in [5, 5.41) is 0. The number of carbonyl (C=O) groups is 2. The fourth-order valence-corrected chi connectivity index (χ4v) is 1.13. The Bertz CT molecular complexity index is 180. The highest BCUT2D eigenvalue weighted by molar-refractivity contribution is 5.74. The number of carbonyl (C=O) groups excluding carboxylic acids is 2. The zero-order chi connectivity index (χ0) is 10.3. The summed E-state index contributed by atoms with van der Waals surface area (Å²) in [6.45, 7) is 4.86. The Morgan fingerprint density at radius 2 is 1.92 bits per heavy atom. The molecule has 0 rings (SSSR count). The number of nitrogens with one attached hydrogen (secondary N) is 1. The molecule has 75 valence electrons. The minimum Gasteiger partial charge on any atom is -0.343 e. The van der Waals surface area contributed by atoms with Gasteiger partial charge in [-0.15, -0.1) is 0 Å². The van der Waals surface area contributed by atoms with Gasteiger partial charge >= 0.3 is 0 Å². The van der Waals surface area contributed by atoms with Gasteiger partial charge in [-0.25, -0.2) is 0 Å². The maximum atomic E-state index is 11.0. The lowest BCUT2D eigenvalue weighted by Crippen LogP contribution is -2.30. The Kier molecular flexibility index (Phi) is 5.93. The van der Waals surface area contributed by atoms with E-state index in [1.54, 1.807) is 4.90 Å². The first-order valence-corrected chi connectivity index (χ1v) is 4.57. The van der Waals surface area contributed by atoms with E-state index in [9.17, 15) is 9.59 Å². The van der Waals surface area contributed by atoms with E-state index >= 15 is 0 Å². The summed E-state index contributed by atoms with van der Waals surface area (Å²) in [4.78, 5) is 23.0. The first kappa shape index (κ1) is 11.9. The molecule has 0 atom stereocenters. The van der Waals surface area contributed by atoms with Crippen LogP contribution < -0.4 is 5.73 Å². The normalized spacial score (nSPS) is 9.69. The lowest BCUT2D eigenvalue weighted by atomic mass is 10.2. The SMILES string of the molecule is CCCN(CCCC([NH])=O)C(C)=O. The Hall–Kier alpha value is -1.06. The molecule has 13 heavy (non-hydrogen) atoms. The summed E-state index contributed by atoms with van der Waals surface area (Å²) in [5.41, 5.74) is 6.69. The van der Waals surface area contributed by atoms with Crippen LogP contribution in [0, 0.1) is 0 Å². The predicted octanol–water partition coefficient (Wildman–Crippen LogP) is 0.835. The van der Waals surface area contributed by atoms with Crippen LogP contribution in [-0.2, 0) is 9.59 Å². The van der Waals surface area contributed by atoms with Gasteiger partial charge < -0.3 is 4.90 Å². The maximum absolute atomic E-state index is 11.0. The molecule has 0 saturated carbocycles. The van der Waals surface area contributed by atoms with Crippen molar-refractivity contribution in [3.8, 4) is 0 Å². The van der Waals surface area contributed by atoms with Gasteiger partial charge in [-0.1, -0.05) is 6.92 Å². The van der Waals surface area contributed by atoms with Gasteiger partial charge in [0.25, 0.3) is 0 Å². The summed E-state index contributed by atoms with van der Waals surface area (Å²) in [7, 11) is 0. The molecule has 2 amide bonds. The van der Waals surface area contributed by atoms with Crippen LogP contribution in [0.5, 0.6) is 0 Å². The minimum atomic E-state index is -0.556. The van der Waals surface area contributed by atoms with E-state index in [1.807, 2.05) is 6.92 Å². The molecular weight excluding hydrogens is 168 g/mol. The van der Waals surface area contributed by atoms with E-state index in [2.05, 4.69) is 0 Å².